The molecule has 1 heterocycles. The molecule has 0 amide bonds. The first-order valence-corrected chi connectivity index (χ1v) is 8.20. The van der Waals surface area contributed by atoms with Crippen molar-refractivity contribution in [2.24, 2.45) is 0 Å². The van der Waals surface area contributed by atoms with Gasteiger partial charge < -0.3 is 0 Å². The molecule has 0 aliphatic heterocycles. The Kier molecular flexibility index (Phi) is 4.63. The zero-order chi connectivity index (χ0) is 16.2. The average Bonchev–Trinajstić information content (AvgIpc) is 2.47. The number of rotatable bonds is 5. The normalized spacial score (nSPS) is 10.9. The van der Waals surface area contributed by atoms with Gasteiger partial charge in [0.2, 0.25) is 10.0 Å². The number of nitrogens with one attached hydrogen (secondary N) is 1. The predicted octanol–water partition coefficient (Wildman–Crippen LogP) is 1.62. The van der Waals surface area contributed by atoms with Crippen LogP contribution in [0.1, 0.15) is 11.3 Å². The lowest BCUT2D eigenvalue weighted by atomic mass is 10.2. The van der Waals surface area contributed by atoms with Crippen LogP contribution in [-0.2, 0) is 22.3 Å². The summed E-state index contributed by atoms with van der Waals surface area (Å²) in [5.41, 5.74) is 0.631. The van der Waals surface area contributed by atoms with Gasteiger partial charge in [-0.1, -0.05) is 30.3 Å². The van der Waals surface area contributed by atoms with Crippen molar-refractivity contribution in [2.45, 2.75) is 19.2 Å². The van der Waals surface area contributed by atoms with Crippen molar-refractivity contribution in [3.63, 3.8) is 0 Å². The van der Waals surface area contributed by atoms with E-state index in [0.29, 0.717) is 11.3 Å². The van der Waals surface area contributed by atoms with Gasteiger partial charge in [0.15, 0.2) is 0 Å². The first-order valence-electron chi connectivity index (χ1n) is 6.55. The third-order valence-corrected chi connectivity index (χ3v) is 4.33. The zero-order valence-electron chi connectivity index (χ0n) is 12.0. The van der Waals surface area contributed by atoms with E-state index >= 15 is 0 Å². The van der Waals surface area contributed by atoms with Crippen LogP contribution in [0, 0.1) is 18.3 Å². The molecule has 0 fully saturated rings. The van der Waals surface area contributed by atoms with Crippen molar-refractivity contribution in [1.82, 2.24) is 4.57 Å². The molecule has 0 radical (unpaired) electrons. The summed E-state index contributed by atoms with van der Waals surface area (Å²) >= 11 is 0. The second-order valence-corrected chi connectivity index (χ2v) is 6.51. The summed E-state index contributed by atoms with van der Waals surface area (Å²) in [6.45, 7) is 1.56. The summed E-state index contributed by atoms with van der Waals surface area (Å²) in [5.74, 6) is -0.223. The summed E-state index contributed by atoms with van der Waals surface area (Å²) in [7, 11) is -3.70. The second-order valence-electron chi connectivity index (χ2n) is 4.78. The highest BCUT2D eigenvalue weighted by atomic mass is 32.2. The van der Waals surface area contributed by atoms with Gasteiger partial charge in [0.1, 0.15) is 12.2 Å². The van der Waals surface area contributed by atoms with Crippen molar-refractivity contribution in [3.05, 3.63) is 64.1 Å². The highest BCUT2D eigenvalue weighted by Gasteiger charge is 2.15. The van der Waals surface area contributed by atoms with Crippen LogP contribution in [0.5, 0.6) is 0 Å². The van der Waals surface area contributed by atoms with Crippen molar-refractivity contribution < 1.29 is 8.42 Å². The molecule has 2 aromatic rings. The lowest BCUT2D eigenvalue weighted by molar-refractivity contribution is 0.600. The maximum absolute atomic E-state index is 12.2. The molecule has 22 heavy (non-hydrogen) atoms. The Balaban J connectivity index is 2.29. The molecule has 1 aromatic carbocycles. The number of hydrogen-bond donors (Lipinski definition) is 1. The molecule has 6 nitrogen and oxygen atoms in total. The molecule has 0 unspecified atom stereocenters. The number of hydrogen-bond acceptors (Lipinski definition) is 4. The quantitative estimate of drug-likeness (QED) is 0.907. The minimum Gasteiger partial charge on any atom is -0.297 e. The Morgan fingerprint density at radius 2 is 1.86 bits per heavy atom. The first-order chi connectivity index (χ1) is 10.4. The molecule has 0 aliphatic carbocycles. The summed E-state index contributed by atoms with van der Waals surface area (Å²) < 4.78 is 27.8. The van der Waals surface area contributed by atoms with Crippen LogP contribution in [0.25, 0.3) is 0 Å². The van der Waals surface area contributed by atoms with E-state index in [9.17, 15) is 13.2 Å². The maximum Gasteiger partial charge on any atom is 0.275 e. The Labute approximate surface area is 128 Å². The fraction of sp³-hybridized carbons (Fsp3) is 0.200. The lowest BCUT2D eigenvalue weighted by Gasteiger charge is -2.11. The number of aryl methyl sites for hydroxylation is 1. The molecule has 0 atom stereocenters. The molecule has 0 spiro atoms. The number of pyridine rings is 1. The Hall–Kier alpha value is -2.59. The molecule has 1 N–H and O–H groups in total. The molecule has 2 rings (SSSR count). The molecule has 0 saturated heterocycles. The van der Waals surface area contributed by atoms with Crippen LogP contribution in [-0.4, -0.2) is 13.0 Å². The van der Waals surface area contributed by atoms with E-state index in [2.05, 4.69) is 4.72 Å². The van der Waals surface area contributed by atoms with Gasteiger partial charge in [-0.25, -0.2) is 8.42 Å². The smallest absolute Gasteiger partial charge is 0.275 e. The first kappa shape index (κ1) is 15.8. The summed E-state index contributed by atoms with van der Waals surface area (Å²) in [6, 6.07) is 13.6. The van der Waals surface area contributed by atoms with Gasteiger partial charge in [-0.15, -0.1) is 0 Å². The third kappa shape index (κ3) is 3.74. The zero-order valence-corrected chi connectivity index (χ0v) is 12.8. The number of benzene rings is 1. The number of anilines is 1. The van der Waals surface area contributed by atoms with E-state index in [4.69, 9.17) is 5.26 Å². The minimum atomic E-state index is -3.70. The fourth-order valence-electron chi connectivity index (χ4n) is 2.01. The van der Waals surface area contributed by atoms with E-state index in [1.165, 1.54) is 10.6 Å². The molecule has 1 aromatic heterocycles. The molecule has 0 saturated carbocycles. The third-order valence-electron chi connectivity index (χ3n) is 3.09. The molecule has 0 bridgehead atoms. The van der Waals surface area contributed by atoms with Crippen LogP contribution in [0.15, 0.2) is 47.3 Å². The lowest BCUT2D eigenvalue weighted by Crippen LogP contribution is -2.27. The van der Waals surface area contributed by atoms with Crippen LogP contribution in [0.2, 0.25) is 0 Å². The standard InChI is InChI=1S/C15H15N3O3S/c1-12-7-8-14(15(19)18(12)10-9-16)17-22(20,21)11-13-5-3-2-4-6-13/h2-8,17H,10-11H2,1H3. The topological polar surface area (TPSA) is 92.0 Å². The molecule has 0 aliphatic rings. The van der Waals surface area contributed by atoms with Gasteiger partial charge >= 0.3 is 0 Å². The van der Waals surface area contributed by atoms with Crippen molar-refractivity contribution in [1.29, 1.82) is 5.26 Å². The highest BCUT2D eigenvalue weighted by molar-refractivity contribution is 7.91. The van der Waals surface area contributed by atoms with Crippen LogP contribution >= 0.6 is 0 Å². The predicted molar refractivity (Wildman–Crippen MR) is 83.7 cm³/mol. The molecule has 114 valence electrons. The molecular formula is C15H15N3O3S. The van der Waals surface area contributed by atoms with Gasteiger partial charge in [0.05, 0.1) is 11.8 Å². The summed E-state index contributed by atoms with van der Waals surface area (Å²) in [4.78, 5) is 12.2. The largest absolute Gasteiger partial charge is 0.297 e. The van der Waals surface area contributed by atoms with E-state index in [-0.39, 0.29) is 18.0 Å². The van der Waals surface area contributed by atoms with Gasteiger partial charge in [-0.3, -0.25) is 14.1 Å². The van der Waals surface area contributed by atoms with Crippen LogP contribution in [0.4, 0.5) is 5.69 Å². The van der Waals surface area contributed by atoms with E-state index in [0.717, 1.165) is 0 Å². The van der Waals surface area contributed by atoms with Crippen molar-refractivity contribution in [3.8, 4) is 6.07 Å². The monoisotopic (exact) mass is 317 g/mol. The Bertz CT molecular complexity index is 865. The minimum absolute atomic E-state index is 0.0585. The van der Waals surface area contributed by atoms with Gasteiger partial charge in [-0.2, -0.15) is 5.26 Å². The number of sulfonamides is 1. The van der Waals surface area contributed by atoms with Gasteiger partial charge in [-0.05, 0) is 24.6 Å². The van der Waals surface area contributed by atoms with Crippen molar-refractivity contribution in [2.75, 3.05) is 4.72 Å². The van der Waals surface area contributed by atoms with E-state index in [1.54, 1.807) is 43.3 Å². The second kappa shape index (κ2) is 6.45. The molecular weight excluding hydrogens is 302 g/mol. The Morgan fingerprint density at radius 1 is 1.18 bits per heavy atom. The number of nitrogens with zero attached hydrogens (tertiary/aromatic N) is 2. The Morgan fingerprint density at radius 3 is 2.50 bits per heavy atom. The fourth-order valence-corrected chi connectivity index (χ4v) is 3.21. The van der Waals surface area contributed by atoms with E-state index < -0.39 is 15.6 Å². The number of nitriles is 1. The number of aromatic nitrogens is 1. The van der Waals surface area contributed by atoms with Gasteiger partial charge in [0.25, 0.3) is 5.56 Å². The maximum atomic E-state index is 12.2. The van der Waals surface area contributed by atoms with Crippen LogP contribution in [0.3, 0.4) is 0 Å². The van der Waals surface area contributed by atoms with Crippen LogP contribution < -0.4 is 10.3 Å². The molecule has 7 heteroatoms. The summed E-state index contributed by atoms with van der Waals surface area (Å²) in [6.07, 6.45) is 0. The summed E-state index contributed by atoms with van der Waals surface area (Å²) in [5, 5.41) is 8.74. The highest BCUT2D eigenvalue weighted by Crippen LogP contribution is 2.10. The van der Waals surface area contributed by atoms with E-state index in [1.807, 2.05) is 6.07 Å². The SMILES string of the molecule is Cc1ccc(NS(=O)(=O)Cc2ccccc2)c(=O)n1CC#N. The average molecular weight is 317 g/mol. The van der Waals surface area contributed by atoms with Gasteiger partial charge in [0, 0.05) is 5.69 Å². The van der Waals surface area contributed by atoms with Crippen molar-refractivity contribution >= 4 is 15.7 Å².